The smallest absolute Gasteiger partial charge is 0.113 e. The lowest BCUT2D eigenvalue weighted by Crippen LogP contribution is -2.11. The molecule has 1 heterocycles. The summed E-state index contributed by atoms with van der Waals surface area (Å²) in [6.07, 6.45) is 0.383. The zero-order valence-electron chi connectivity index (χ0n) is 5.93. The van der Waals surface area contributed by atoms with Gasteiger partial charge in [-0.15, -0.1) is 9.05 Å². The van der Waals surface area contributed by atoms with E-state index in [9.17, 15) is 9.13 Å². The van der Waals surface area contributed by atoms with Crippen LogP contribution in [0.3, 0.4) is 0 Å². The first-order chi connectivity index (χ1) is 5.22. The largest absolute Gasteiger partial charge is 0.748 e. The second-order valence-corrected chi connectivity index (χ2v) is 3.98. The monoisotopic (exact) mass is 198 g/mol. The molecule has 0 amide bonds. The van der Waals surface area contributed by atoms with Crippen molar-refractivity contribution in [2.24, 2.45) is 0 Å². The van der Waals surface area contributed by atoms with Gasteiger partial charge in [0.05, 0.1) is 0 Å². The van der Waals surface area contributed by atoms with Crippen molar-refractivity contribution in [3.63, 3.8) is 0 Å². The lowest BCUT2D eigenvalue weighted by Gasteiger charge is -1.96. The van der Waals surface area contributed by atoms with Crippen molar-refractivity contribution in [1.29, 1.82) is 0 Å². The van der Waals surface area contributed by atoms with Crippen LogP contribution in [0.2, 0.25) is 0 Å². The van der Waals surface area contributed by atoms with Crippen LogP contribution in [0.25, 0.3) is 0 Å². The third kappa shape index (κ3) is 2.89. The maximum absolute atomic E-state index is 10.7. The maximum atomic E-state index is 10.7. The summed E-state index contributed by atoms with van der Waals surface area (Å²) >= 11 is 0. The number of rotatable bonds is 1. The van der Waals surface area contributed by atoms with E-state index < -0.39 is 16.5 Å². The van der Waals surface area contributed by atoms with Crippen LogP contribution in [-0.4, -0.2) is 12.7 Å². The molecule has 11 heavy (non-hydrogen) atoms. The Morgan fingerprint density at radius 2 is 2.18 bits per heavy atom. The van der Waals surface area contributed by atoms with E-state index in [4.69, 9.17) is 4.52 Å². The molecular weight excluding hydrogens is 190 g/mol. The number of hydrogen-bond donors (Lipinski definition) is 0. The van der Waals surface area contributed by atoms with Crippen molar-refractivity contribution in [1.82, 2.24) is 0 Å². The molecule has 0 saturated carbocycles. The molecule has 0 aromatic rings. The molecule has 0 bridgehead atoms. The summed E-state index contributed by atoms with van der Waals surface area (Å²) in [5, 5.41) is 0. The van der Waals surface area contributed by atoms with Gasteiger partial charge in [-0.1, -0.05) is 6.92 Å². The highest BCUT2D eigenvalue weighted by Crippen LogP contribution is 2.43. The average Bonchev–Trinajstić information content (AvgIpc) is 2.11. The Bertz CT molecular complexity index is 181. The summed E-state index contributed by atoms with van der Waals surface area (Å²) in [6.45, 7) is 2.03. The molecule has 1 saturated heterocycles. The van der Waals surface area contributed by atoms with Crippen LogP contribution < -0.4 is 0 Å². The van der Waals surface area contributed by atoms with Gasteiger partial charge in [-0.25, -0.2) is 0 Å². The quantitative estimate of drug-likeness (QED) is 0.604. The van der Waals surface area contributed by atoms with Crippen LogP contribution >= 0.6 is 16.5 Å². The molecule has 3 unspecified atom stereocenters. The van der Waals surface area contributed by atoms with Crippen LogP contribution in [0.5, 0.6) is 0 Å². The van der Waals surface area contributed by atoms with E-state index in [1.54, 1.807) is 0 Å². The van der Waals surface area contributed by atoms with Gasteiger partial charge < -0.3 is 0 Å². The predicted octanol–water partition coefficient (Wildman–Crippen LogP) is 2.14. The van der Waals surface area contributed by atoms with Crippen LogP contribution in [0.15, 0.2) is 0 Å². The molecule has 1 rings (SSSR count). The summed E-state index contributed by atoms with van der Waals surface area (Å²) < 4.78 is 35.1. The first-order valence-electron chi connectivity index (χ1n) is 3.14. The van der Waals surface area contributed by atoms with E-state index in [1.165, 1.54) is 0 Å². The van der Waals surface area contributed by atoms with Crippen molar-refractivity contribution >= 4 is 16.5 Å². The van der Waals surface area contributed by atoms with Gasteiger partial charge >= 0.3 is 16.5 Å². The summed E-state index contributed by atoms with van der Waals surface area (Å²) in [4.78, 5) is 0. The molecular formula is C4H8O5P2+2. The first kappa shape index (κ1) is 9.17. The zero-order chi connectivity index (χ0) is 8.27. The Kier molecular flexibility index (Phi) is 3.49. The fourth-order valence-electron chi connectivity index (χ4n) is 0.586. The molecule has 0 aromatic carbocycles. The summed E-state index contributed by atoms with van der Waals surface area (Å²) in [6, 6.07) is 0. The third-order valence-electron chi connectivity index (χ3n) is 1.19. The van der Waals surface area contributed by atoms with Gasteiger partial charge in [0.2, 0.25) is 0 Å². The van der Waals surface area contributed by atoms with Crippen LogP contribution in [-0.2, 0) is 22.5 Å². The average molecular weight is 198 g/mol. The summed E-state index contributed by atoms with van der Waals surface area (Å²) in [7, 11) is -4.51. The van der Waals surface area contributed by atoms with Gasteiger partial charge in [-0.05, 0) is 6.42 Å². The van der Waals surface area contributed by atoms with E-state index in [0.717, 1.165) is 0 Å². The normalized spacial score (nSPS) is 33.4. The summed E-state index contributed by atoms with van der Waals surface area (Å²) in [5.74, 6) is 0. The highest BCUT2D eigenvalue weighted by atomic mass is 31.2. The molecule has 0 aliphatic carbocycles. The van der Waals surface area contributed by atoms with Crippen LogP contribution in [0.1, 0.15) is 13.3 Å². The van der Waals surface area contributed by atoms with E-state index >= 15 is 0 Å². The fraction of sp³-hybridized carbons (Fsp3) is 1.00. The summed E-state index contributed by atoms with van der Waals surface area (Å²) in [5.41, 5.74) is 0. The van der Waals surface area contributed by atoms with Crippen molar-refractivity contribution in [3.8, 4) is 0 Å². The van der Waals surface area contributed by atoms with E-state index in [2.05, 4.69) is 8.83 Å². The molecule has 0 aromatic heterocycles. The molecule has 62 valence electrons. The third-order valence-corrected chi connectivity index (χ3v) is 3.09. The number of hydrogen-bond acceptors (Lipinski definition) is 5. The highest BCUT2D eigenvalue weighted by molar-refractivity contribution is 7.47. The van der Waals surface area contributed by atoms with Crippen LogP contribution in [0.4, 0.5) is 0 Å². The van der Waals surface area contributed by atoms with Gasteiger partial charge in [-0.3, -0.25) is 0 Å². The topological polar surface area (TPSA) is 61.8 Å². The fourth-order valence-corrected chi connectivity index (χ4v) is 2.11. The molecule has 0 radical (unpaired) electrons. The lowest BCUT2D eigenvalue weighted by molar-refractivity contribution is 0.145. The molecule has 0 N–H and O–H groups in total. The standard InChI is InChI=1S/C4H8O5P2/c1-2-4-3-7-10(5)9-11(6)8-4/h4H,2-3H2,1H3/q+2. The Morgan fingerprint density at radius 3 is 2.82 bits per heavy atom. The van der Waals surface area contributed by atoms with E-state index in [-0.39, 0.29) is 12.7 Å². The van der Waals surface area contributed by atoms with Crippen molar-refractivity contribution < 1.29 is 22.5 Å². The molecule has 7 heteroatoms. The predicted molar refractivity (Wildman–Crippen MR) is 37.4 cm³/mol. The van der Waals surface area contributed by atoms with E-state index in [1.807, 2.05) is 6.92 Å². The Morgan fingerprint density at radius 1 is 1.45 bits per heavy atom. The minimum absolute atomic E-state index is 0.173. The van der Waals surface area contributed by atoms with Gasteiger partial charge in [0.25, 0.3) is 0 Å². The maximum Gasteiger partial charge on any atom is 0.748 e. The second-order valence-electron chi connectivity index (χ2n) is 1.96. The van der Waals surface area contributed by atoms with Gasteiger partial charge in [0, 0.05) is 9.13 Å². The lowest BCUT2D eigenvalue weighted by atomic mass is 10.3. The van der Waals surface area contributed by atoms with Gasteiger partial charge in [0.1, 0.15) is 12.7 Å². The SMILES string of the molecule is CCC1CO[P+](=O)O[P+](=O)O1. The van der Waals surface area contributed by atoms with E-state index in [0.29, 0.717) is 6.42 Å². The molecule has 1 aliphatic rings. The first-order valence-corrected chi connectivity index (χ1v) is 5.33. The molecule has 5 nitrogen and oxygen atoms in total. The highest BCUT2D eigenvalue weighted by Gasteiger charge is 2.46. The molecule has 1 aliphatic heterocycles. The van der Waals surface area contributed by atoms with Gasteiger partial charge in [-0.2, -0.15) is 0 Å². The van der Waals surface area contributed by atoms with Crippen molar-refractivity contribution in [2.45, 2.75) is 19.4 Å². The molecule has 1 fully saturated rings. The minimum Gasteiger partial charge on any atom is -0.113 e. The Hall–Kier alpha value is 0.0800. The van der Waals surface area contributed by atoms with Crippen molar-refractivity contribution in [3.05, 3.63) is 0 Å². The Balaban J connectivity index is 2.52. The minimum atomic E-state index is -2.26. The molecule has 3 atom stereocenters. The zero-order valence-corrected chi connectivity index (χ0v) is 7.72. The van der Waals surface area contributed by atoms with Crippen molar-refractivity contribution in [2.75, 3.05) is 6.61 Å². The van der Waals surface area contributed by atoms with Gasteiger partial charge in [0.15, 0.2) is 4.31 Å². The van der Waals surface area contributed by atoms with Crippen LogP contribution in [0, 0.1) is 0 Å². The second kappa shape index (κ2) is 4.19. The molecule has 0 spiro atoms. The Labute approximate surface area is 65.9 Å².